The number of ether oxygens (including phenoxy) is 4. The third-order valence-corrected chi connectivity index (χ3v) is 9.60. The lowest BCUT2D eigenvalue weighted by atomic mass is 10.00. The van der Waals surface area contributed by atoms with E-state index < -0.39 is 119 Å². The largest absolute Gasteiger partial charge is 0.480 e. The van der Waals surface area contributed by atoms with E-state index in [4.69, 9.17) is 9.47 Å². The quantitative estimate of drug-likeness (QED) is 0.0432. The first-order valence-electron chi connectivity index (χ1n) is 20.7. The van der Waals surface area contributed by atoms with Crippen LogP contribution in [0, 0.1) is 0 Å². The summed E-state index contributed by atoms with van der Waals surface area (Å²) in [6, 6.07) is 26.4. The van der Waals surface area contributed by atoms with Gasteiger partial charge in [0.15, 0.2) is 19.3 Å². The topological polar surface area (TPSA) is 184 Å². The van der Waals surface area contributed by atoms with Gasteiger partial charge in [-0.3, -0.25) is 9.59 Å². The van der Waals surface area contributed by atoms with Crippen LogP contribution in [0.2, 0.25) is 0 Å². The van der Waals surface area contributed by atoms with Crippen LogP contribution in [-0.4, -0.2) is 72.7 Å². The van der Waals surface area contributed by atoms with Gasteiger partial charge in [-0.05, 0) is 41.0 Å². The fourth-order valence-corrected chi connectivity index (χ4v) is 6.25. The highest BCUT2D eigenvalue weighted by Crippen LogP contribution is 2.41. The van der Waals surface area contributed by atoms with Gasteiger partial charge in [0.25, 0.3) is 0 Å². The van der Waals surface area contributed by atoms with Crippen LogP contribution in [0.3, 0.4) is 0 Å². The van der Waals surface area contributed by atoms with Crippen LogP contribution in [0.4, 0.5) is 57.5 Å². The molecule has 0 aliphatic rings. The Balaban J connectivity index is 0.000000317. The maximum atomic E-state index is 13.1. The first-order chi connectivity index (χ1) is 34.2. The SMILES string of the molecule is O=C(COC(=O)c1c(C(F)(F)F)cccc1C(F)(F)F)COC(=O)c1c(C(F)(F)F)cccc1C(F)(F)F.O=C(N[C@@H](Cc1ccccc1)C(=O)N[C@@H](COCc1ccccc1)C(=O)O)OCc1ccccc1. The number of esters is 2. The van der Waals surface area contributed by atoms with E-state index in [2.05, 4.69) is 20.1 Å². The van der Waals surface area contributed by atoms with Gasteiger partial charge in [0.2, 0.25) is 11.7 Å². The molecule has 25 heteroatoms. The Kier molecular flexibility index (Phi) is 20.1. The van der Waals surface area contributed by atoms with Crippen molar-refractivity contribution in [3.05, 3.63) is 177 Å². The predicted octanol–water partition coefficient (Wildman–Crippen LogP) is 9.66. The van der Waals surface area contributed by atoms with Crippen LogP contribution in [0.1, 0.15) is 59.7 Å². The lowest BCUT2D eigenvalue weighted by molar-refractivity contribution is -0.145. The van der Waals surface area contributed by atoms with Crippen LogP contribution in [0.5, 0.6) is 0 Å². The summed E-state index contributed by atoms with van der Waals surface area (Å²) in [5.74, 6) is -8.07. The van der Waals surface area contributed by atoms with Gasteiger partial charge in [-0.2, -0.15) is 52.7 Å². The second-order valence-electron chi connectivity index (χ2n) is 15.0. The summed E-state index contributed by atoms with van der Waals surface area (Å²) in [4.78, 5) is 73.0. The van der Waals surface area contributed by atoms with E-state index >= 15 is 0 Å². The normalized spacial score (nSPS) is 12.5. The number of Topliss-reactive ketones (excluding diaryl/α,β-unsaturated/α-hetero) is 1. The number of amides is 2. The Morgan fingerprint density at radius 1 is 0.452 bits per heavy atom. The minimum atomic E-state index is -5.47. The Morgan fingerprint density at radius 3 is 1.19 bits per heavy atom. The molecule has 0 saturated heterocycles. The molecule has 0 bridgehead atoms. The van der Waals surface area contributed by atoms with E-state index in [1.165, 1.54) is 0 Å². The number of carboxylic acid groups (broad SMARTS) is 1. The van der Waals surface area contributed by atoms with Gasteiger partial charge >= 0.3 is 48.7 Å². The number of halogens is 12. The monoisotopic (exact) mass is 1050 g/mol. The van der Waals surface area contributed by atoms with E-state index in [1.54, 1.807) is 0 Å². The van der Waals surface area contributed by atoms with Crippen LogP contribution in [-0.2, 0) is 77.7 Å². The number of hydrogen-bond donors (Lipinski definition) is 3. The second kappa shape index (κ2) is 25.4. The number of rotatable bonds is 18. The molecule has 0 fully saturated rings. The summed E-state index contributed by atoms with van der Waals surface area (Å²) in [5.41, 5.74) is -9.82. The molecule has 2 amide bonds. The third-order valence-electron chi connectivity index (χ3n) is 9.60. The van der Waals surface area contributed by atoms with Gasteiger partial charge in [0.05, 0.1) is 46.6 Å². The van der Waals surface area contributed by atoms with Crippen molar-refractivity contribution in [1.82, 2.24) is 10.6 Å². The van der Waals surface area contributed by atoms with Crippen LogP contribution in [0.15, 0.2) is 127 Å². The molecule has 2 atom stereocenters. The van der Waals surface area contributed by atoms with Gasteiger partial charge in [-0.15, -0.1) is 0 Å². The number of alkyl carbamates (subject to hydrolysis) is 1. The molecule has 0 aliphatic heterocycles. The average Bonchev–Trinajstić information content (AvgIpc) is 3.33. The Bertz CT molecular complexity index is 2520. The number of carbonyl (C=O) groups excluding carboxylic acids is 5. The van der Waals surface area contributed by atoms with Gasteiger partial charge in [-0.25, -0.2) is 19.2 Å². The molecule has 0 heterocycles. The summed E-state index contributed by atoms with van der Waals surface area (Å²) in [7, 11) is 0. The first kappa shape index (κ1) is 57.6. The summed E-state index contributed by atoms with van der Waals surface area (Å²) < 4.78 is 176. The summed E-state index contributed by atoms with van der Waals surface area (Å²) in [6.07, 6.45) is -22.5. The first-order valence-corrected chi connectivity index (χ1v) is 20.7. The maximum absolute atomic E-state index is 13.1. The average molecular weight is 1050 g/mol. The predicted molar refractivity (Wildman–Crippen MR) is 228 cm³/mol. The minimum absolute atomic E-state index is 0.0391. The van der Waals surface area contributed by atoms with E-state index in [-0.39, 0.29) is 50.5 Å². The third kappa shape index (κ3) is 18.0. The zero-order valence-corrected chi connectivity index (χ0v) is 37.1. The fraction of sp³-hybridized carbons (Fsp3) is 0.250. The van der Waals surface area contributed by atoms with Crippen molar-refractivity contribution in [2.45, 2.75) is 56.4 Å². The Labute approximate surface area is 405 Å². The highest BCUT2D eigenvalue weighted by molar-refractivity contribution is 5.97. The highest BCUT2D eigenvalue weighted by Gasteiger charge is 2.45. The van der Waals surface area contributed by atoms with Gasteiger partial charge in [0.1, 0.15) is 12.6 Å². The number of hydrogen-bond acceptors (Lipinski definition) is 10. The van der Waals surface area contributed by atoms with Crippen molar-refractivity contribution < 1.29 is 106 Å². The number of carboxylic acids is 1. The zero-order chi connectivity index (χ0) is 54.1. The Morgan fingerprint density at radius 2 is 0.822 bits per heavy atom. The number of alkyl halides is 12. The molecule has 3 N–H and O–H groups in total. The smallest absolute Gasteiger partial charge is 0.417 e. The molecule has 0 aliphatic carbocycles. The van der Waals surface area contributed by atoms with Crippen LogP contribution >= 0.6 is 0 Å². The van der Waals surface area contributed by atoms with Crippen molar-refractivity contribution in [2.24, 2.45) is 0 Å². The highest BCUT2D eigenvalue weighted by atomic mass is 19.4. The van der Waals surface area contributed by atoms with E-state index in [9.17, 15) is 86.6 Å². The minimum Gasteiger partial charge on any atom is -0.480 e. The van der Waals surface area contributed by atoms with Crippen LogP contribution in [0.25, 0.3) is 0 Å². The standard InChI is InChI=1S/C27H28N2O6.C21H10F12O5/c30-25(28-24(26(31)32)19-34-17-21-12-6-2-7-13-21)23(16-20-10-4-1-5-11-20)29-27(33)35-18-22-14-8-3-9-15-22;22-18(23,24)10-3-1-4-11(19(25,26)27)14(10)16(35)37-7-9(34)8-38-17(36)15-12(20(28,29)30)5-2-6-13(15)21(31,32)33/h1-15,23-24H,16-19H2,(H,28,30)(H,29,33)(H,31,32);1-6H,7-8H2/t23-,24-;/m0./s1. The van der Waals surface area contributed by atoms with Gasteiger partial charge in [0, 0.05) is 6.42 Å². The molecule has 0 saturated carbocycles. The van der Waals surface area contributed by atoms with E-state index in [1.807, 2.05) is 91.0 Å². The summed E-state index contributed by atoms with van der Waals surface area (Å²) in [5, 5.41) is 14.6. The lowest BCUT2D eigenvalue weighted by Crippen LogP contribution is -2.53. The molecule has 390 valence electrons. The van der Waals surface area contributed by atoms with Gasteiger partial charge < -0.3 is 34.7 Å². The molecule has 0 unspecified atom stereocenters. The van der Waals surface area contributed by atoms with Gasteiger partial charge in [-0.1, -0.05) is 103 Å². The van der Waals surface area contributed by atoms with Crippen molar-refractivity contribution >= 4 is 35.7 Å². The van der Waals surface area contributed by atoms with E-state index in [0.29, 0.717) is 12.1 Å². The number of aliphatic carboxylic acids is 1. The molecule has 0 radical (unpaired) electrons. The second-order valence-corrected chi connectivity index (χ2v) is 15.0. The van der Waals surface area contributed by atoms with Crippen molar-refractivity contribution in [2.75, 3.05) is 19.8 Å². The fourth-order valence-electron chi connectivity index (χ4n) is 6.25. The lowest BCUT2D eigenvalue weighted by Gasteiger charge is -2.21. The molecule has 13 nitrogen and oxygen atoms in total. The molecule has 5 aromatic carbocycles. The number of ketones is 1. The molecular weight excluding hydrogens is 1010 g/mol. The van der Waals surface area contributed by atoms with Crippen molar-refractivity contribution in [3.63, 3.8) is 0 Å². The van der Waals surface area contributed by atoms with Crippen molar-refractivity contribution in [1.29, 1.82) is 0 Å². The maximum Gasteiger partial charge on any atom is 0.417 e. The molecule has 0 aromatic heterocycles. The van der Waals surface area contributed by atoms with E-state index in [0.717, 1.165) is 16.7 Å². The molecule has 73 heavy (non-hydrogen) atoms. The van der Waals surface area contributed by atoms with Crippen molar-refractivity contribution in [3.8, 4) is 0 Å². The zero-order valence-electron chi connectivity index (χ0n) is 37.1. The van der Waals surface area contributed by atoms with Crippen LogP contribution < -0.4 is 10.6 Å². The molecular formula is C48H38F12N2O11. The molecule has 5 rings (SSSR count). The molecule has 0 spiro atoms. The number of carbonyl (C=O) groups is 6. The number of benzene rings is 5. The summed E-state index contributed by atoms with van der Waals surface area (Å²) >= 11 is 0. The molecule has 5 aromatic rings. The summed E-state index contributed by atoms with van der Waals surface area (Å²) in [6.45, 7) is -3.28. The Hall–Kier alpha value is -7.96. The number of nitrogens with one attached hydrogen (secondary N) is 2.